The van der Waals surface area contributed by atoms with Gasteiger partial charge in [0.15, 0.2) is 11.5 Å². The van der Waals surface area contributed by atoms with Crippen molar-refractivity contribution in [1.82, 2.24) is 0 Å². The Morgan fingerprint density at radius 1 is 1.10 bits per heavy atom. The Balaban J connectivity index is 2.03. The van der Waals surface area contributed by atoms with Crippen LogP contribution in [-0.2, 0) is 5.41 Å². The van der Waals surface area contributed by atoms with Crippen molar-refractivity contribution in [3.63, 3.8) is 0 Å². The Bertz CT molecular complexity index is 521. The molecule has 1 fully saturated rings. The molecule has 2 N–H and O–H groups in total. The SMILES string of the molecule is CC1(C)Oc2cc(Br)c(C3(CN)CCCCC3)cc2O1. The number of hydrogen-bond acceptors (Lipinski definition) is 3. The summed E-state index contributed by atoms with van der Waals surface area (Å²) in [5.41, 5.74) is 7.51. The molecule has 20 heavy (non-hydrogen) atoms. The first kappa shape index (κ1) is 14.2. The average Bonchev–Trinajstić information content (AvgIpc) is 2.71. The minimum absolute atomic E-state index is 0.0855. The summed E-state index contributed by atoms with van der Waals surface area (Å²) >= 11 is 3.71. The summed E-state index contributed by atoms with van der Waals surface area (Å²) in [5, 5.41) is 0. The fourth-order valence-electron chi connectivity index (χ4n) is 3.46. The quantitative estimate of drug-likeness (QED) is 0.881. The highest BCUT2D eigenvalue weighted by atomic mass is 79.9. The zero-order chi connectivity index (χ0) is 14.4. The van der Waals surface area contributed by atoms with Crippen LogP contribution in [0.2, 0.25) is 0 Å². The van der Waals surface area contributed by atoms with Crippen LogP contribution in [0.25, 0.3) is 0 Å². The Kier molecular flexibility index (Phi) is 3.49. The Labute approximate surface area is 129 Å². The summed E-state index contributed by atoms with van der Waals surface area (Å²) in [7, 11) is 0. The zero-order valence-electron chi connectivity index (χ0n) is 12.2. The van der Waals surface area contributed by atoms with Gasteiger partial charge < -0.3 is 15.2 Å². The molecule has 0 saturated heterocycles. The van der Waals surface area contributed by atoms with Crippen molar-refractivity contribution in [3.8, 4) is 11.5 Å². The fourth-order valence-corrected chi connectivity index (χ4v) is 4.21. The first-order valence-electron chi connectivity index (χ1n) is 7.38. The van der Waals surface area contributed by atoms with Crippen LogP contribution in [-0.4, -0.2) is 12.3 Å². The second-order valence-electron chi connectivity index (χ2n) is 6.43. The first-order valence-corrected chi connectivity index (χ1v) is 8.17. The minimum atomic E-state index is -0.581. The standard InChI is InChI=1S/C16H22BrNO2/c1-15(2)19-13-8-11(12(17)9-14(13)20-15)16(10-18)6-4-3-5-7-16/h8-9H,3-7,10,18H2,1-2H3. The number of ether oxygens (including phenoxy) is 2. The predicted molar refractivity (Wildman–Crippen MR) is 83.3 cm³/mol. The molecule has 0 unspecified atom stereocenters. The number of nitrogens with two attached hydrogens (primary N) is 1. The lowest BCUT2D eigenvalue weighted by Crippen LogP contribution is -2.37. The molecule has 0 amide bonds. The maximum atomic E-state index is 6.14. The van der Waals surface area contributed by atoms with Gasteiger partial charge in [-0.25, -0.2) is 0 Å². The molecule has 1 saturated carbocycles. The van der Waals surface area contributed by atoms with Gasteiger partial charge in [-0.2, -0.15) is 0 Å². The topological polar surface area (TPSA) is 44.5 Å². The molecular formula is C16H22BrNO2. The third kappa shape index (κ3) is 2.33. The van der Waals surface area contributed by atoms with Gasteiger partial charge in [0.1, 0.15) is 0 Å². The lowest BCUT2D eigenvalue weighted by molar-refractivity contribution is -0.0431. The highest BCUT2D eigenvalue weighted by Gasteiger charge is 2.38. The number of benzene rings is 1. The minimum Gasteiger partial charge on any atom is -0.449 e. The van der Waals surface area contributed by atoms with Crippen molar-refractivity contribution < 1.29 is 9.47 Å². The van der Waals surface area contributed by atoms with Crippen molar-refractivity contribution in [2.75, 3.05) is 6.54 Å². The number of halogens is 1. The first-order chi connectivity index (χ1) is 9.46. The van der Waals surface area contributed by atoms with Crippen LogP contribution in [0.4, 0.5) is 0 Å². The predicted octanol–water partition coefficient (Wildman–Crippen LogP) is 4.12. The van der Waals surface area contributed by atoms with E-state index >= 15 is 0 Å². The van der Waals surface area contributed by atoms with Crippen LogP contribution in [0.5, 0.6) is 11.5 Å². The maximum absolute atomic E-state index is 6.14. The van der Waals surface area contributed by atoms with Crippen LogP contribution >= 0.6 is 15.9 Å². The summed E-state index contributed by atoms with van der Waals surface area (Å²) < 4.78 is 12.8. The van der Waals surface area contributed by atoms with Gasteiger partial charge in [0.05, 0.1) is 0 Å². The number of rotatable bonds is 2. The van der Waals surface area contributed by atoms with Gasteiger partial charge in [0, 0.05) is 30.3 Å². The molecular weight excluding hydrogens is 318 g/mol. The summed E-state index contributed by atoms with van der Waals surface area (Å²) in [6.07, 6.45) is 6.14. The molecule has 1 aliphatic carbocycles. The highest BCUT2D eigenvalue weighted by Crippen LogP contribution is 2.48. The molecule has 1 aliphatic heterocycles. The van der Waals surface area contributed by atoms with E-state index in [9.17, 15) is 0 Å². The van der Waals surface area contributed by atoms with E-state index in [1.165, 1.54) is 24.8 Å². The van der Waals surface area contributed by atoms with Crippen molar-refractivity contribution >= 4 is 15.9 Å². The molecule has 0 bridgehead atoms. The third-order valence-electron chi connectivity index (χ3n) is 4.52. The number of hydrogen-bond donors (Lipinski definition) is 1. The van der Waals surface area contributed by atoms with Gasteiger partial charge in [-0.1, -0.05) is 35.2 Å². The molecule has 2 aliphatic rings. The molecule has 1 aromatic carbocycles. The highest BCUT2D eigenvalue weighted by molar-refractivity contribution is 9.10. The van der Waals surface area contributed by atoms with Crippen molar-refractivity contribution in [3.05, 3.63) is 22.2 Å². The molecule has 0 radical (unpaired) electrons. The molecule has 1 heterocycles. The third-order valence-corrected chi connectivity index (χ3v) is 5.17. The summed E-state index contributed by atoms with van der Waals surface area (Å²) in [6.45, 7) is 4.55. The number of fused-ring (bicyclic) bond motifs is 1. The molecule has 1 aromatic rings. The zero-order valence-corrected chi connectivity index (χ0v) is 13.8. The molecule has 4 heteroatoms. The van der Waals surface area contributed by atoms with Crippen LogP contribution < -0.4 is 15.2 Å². The molecule has 0 atom stereocenters. The lowest BCUT2D eigenvalue weighted by atomic mass is 9.69. The Morgan fingerprint density at radius 3 is 2.30 bits per heavy atom. The van der Waals surface area contributed by atoms with Crippen molar-refractivity contribution in [2.24, 2.45) is 5.73 Å². The molecule has 0 aromatic heterocycles. The van der Waals surface area contributed by atoms with Gasteiger partial charge in [-0.15, -0.1) is 0 Å². The normalized spacial score (nSPS) is 22.8. The smallest absolute Gasteiger partial charge is 0.246 e. The fraction of sp³-hybridized carbons (Fsp3) is 0.625. The van der Waals surface area contributed by atoms with Gasteiger partial charge in [0.2, 0.25) is 5.79 Å². The van der Waals surface area contributed by atoms with E-state index in [1.807, 2.05) is 19.9 Å². The summed E-state index contributed by atoms with van der Waals surface area (Å²) in [4.78, 5) is 0. The van der Waals surface area contributed by atoms with Crippen LogP contribution in [0, 0.1) is 0 Å². The monoisotopic (exact) mass is 339 g/mol. The summed E-state index contributed by atoms with van der Waals surface area (Å²) in [5.74, 6) is 1.07. The molecule has 110 valence electrons. The van der Waals surface area contributed by atoms with E-state index in [0.717, 1.165) is 28.8 Å². The van der Waals surface area contributed by atoms with E-state index in [0.29, 0.717) is 6.54 Å². The van der Waals surface area contributed by atoms with Gasteiger partial charge in [0.25, 0.3) is 0 Å². The van der Waals surface area contributed by atoms with E-state index in [2.05, 4.69) is 22.0 Å². The van der Waals surface area contributed by atoms with Gasteiger partial charge in [-0.3, -0.25) is 0 Å². The van der Waals surface area contributed by atoms with Crippen LogP contribution in [0.3, 0.4) is 0 Å². The van der Waals surface area contributed by atoms with Gasteiger partial charge >= 0.3 is 0 Å². The second-order valence-corrected chi connectivity index (χ2v) is 7.28. The average molecular weight is 340 g/mol. The largest absolute Gasteiger partial charge is 0.449 e. The van der Waals surface area contributed by atoms with Gasteiger partial charge in [-0.05, 0) is 30.5 Å². The van der Waals surface area contributed by atoms with E-state index in [1.54, 1.807) is 0 Å². The second kappa shape index (κ2) is 4.92. The lowest BCUT2D eigenvalue weighted by Gasteiger charge is -2.37. The van der Waals surface area contributed by atoms with Crippen molar-refractivity contribution in [2.45, 2.75) is 57.2 Å². The molecule has 0 spiro atoms. The van der Waals surface area contributed by atoms with E-state index in [-0.39, 0.29) is 5.41 Å². The Morgan fingerprint density at radius 2 is 1.70 bits per heavy atom. The molecule has 3 nitrogen and oxygen atoms in total. The van der Waals surface area contributed by atoms with Crippen LogP contribution in [0.15, 0.2) is 16.6 Å². The summed E-state index contributed by atoms with van der Waals surface area (Å²) in [6, 6.07) is 4.16. The maximum Gasteiger partial charge on any atom is 0.246 e. The van der Waals surface area contributed by atoms with Crippen LogP contribution in [0.1, 0.15) is 51.5 Å². The van der Waals surface area contributed by atoms with E-state index < -0.39 is 5.79 Å². The Hall–Kier alpha value is -0.740. The van der Waals surface area contributed by atoms with E-state index in [4.69, 9.17) is 15.2 Å². The molecule has 3 rings (SSSR count). The van der Waals surface area contributed by atoms with Crippen molar-refractivity contribution in [1.29, 1.82) is 0 Å².